The second-order valence-electron chi connectivity index (χ2n) is 7.53. The number of amides is 1. The van der Waals surface area contributed by atoms with E-state index in [0.29, 0.717) is 18.8 Å². The molecule has 1 aliphatic heterocycles. The quantitative estimate of drug-likeness (QED) is 0.552. The van der Waals surface area contributed by atoms with E-state index < -0.39 is 23.6 Å². The Hall–Kier alpha value is -3.20. The van der Waals surface area contributed by atoms with Crippen LogP contribution >= 0.6 is 0 Å². The van der Waals surface area contributed by atoms with E-state index in [4.69, 9.17) is 4.74 Å². The lowest BCUT2D eigenvalue weighted by Gasteiger charge is -2.28. The SMILES string of the molecule is Cc1c(-c2ccc(F)cn2)c(C(=O)N2CCOCC2)n(Cc2ccccc2)c1C(F)(F)F. The van der Waals surface area contributed by atoms with E-state index in [1.54, 1.807) is 30.3 Å². The van der Waals surface area contributed by atoms with Gasteiger partial charge < -0.3 is 14.2 Å². The molecule has 1 aromatic carbocycles. The zero-order valence-corrected chi connectivity index (χ0v) is 17.3. The average Bonchev–Trinajstić information content (AvgIpc) is 3.07. The first-order valence-electron chi connectivity index (χ1n) is 10.1. The summed E-state index contributed by atoms with van der Waals surface area (Å²) in [5, 5.41) is 0. The molecule has 0 saturated carbocycles. The van der Waals surface area contributed by atoms with Crippen LogP contribution in [0.25, 0.3) is 11.3 Å². The number of pyridine rings is 1. The molecule has 0 N–H and O–H groups in total. The van der Waals surface area contributed by atoms with Gasteiger partial charge >= 0.3 is 6.18 Å². The van der Waals surface area contributed by atoms with Gasteiger partial charge in [0.25, 0.3) is 5.91 Å². The Morgan fingerprint density at radius 3 is 2.38 bits per heavy atom. The van der Waals surface area contributed by atoms with Gasteiger partial charge in [0.05, 0.1) is 25.1 Å². The molecule has 4 rings (SSSR count). The molecule has 3 aromatic rings. The van der Waals surface area contributed by atoms with E-state index in [9.17, 15) is 22.4 Å². The Bertz CT molecular complexity index is 1100. The molecular weight excluding hydrogens is 426 g/mol. The minimum Gasteiger partial charge on any atom is -0.378 e. The summed E-state index contributed by atoms with van der Waals surface area (Å²) >= 11 is 0. The molecular formula is C23H21F4N3O2. The highest BCUT2D eigenvalue weighted by atomic mass is 19.4. The molecule has 0 bridgehead atoms. The summed E-state index contributed by atoms with van der Waals surface area (Å²) in [6.07, 6.45) is -3.78. The number of alkyl halides is 3. The number of morpholine rings is 1. The van der Waals surface area contributed by atoms with Crippen LogP contribution < -0.4 is 0 Å². The van der Waals surface area contributed by atoms with Crippen molar-refractivity contribution < 1.29 is 27.1 Å². The molecule has 5 nitrogen and oxygen atoms in total. The third-order valence-electron chi connectivity index (χ3n) is 5.44. The number of ether oxygens (including phenoxy) is 1. The van der Waals surface area contributed by atoms with E-state index in [2.05, 4.69) is 4.98 Å². The summed E-state index contributed by atoms with van der Waals surface area (Å²) in [5.74, 6) is -1.16. The van der Waals surface area contributed by atoms with E-state index >= 15 is 0 Å². The number of hydrogen-bond acceptors (Lipinski definition) is 3. The first kappa shape index (κ1) is 22.0. The summed E-state index contributed by atoms with van der Waals surface area (Å²) in [6, 6.07) is 11.0. The molecule has 1 saturated heterocycles. The molecule has 9 heteroatoms. The first-order valence-corrected chi connectivity index (χ1v) is 10.1. The number of carbonyl (C=O) groups is 1. The van der Waals surface area contributed by atoms with E-state index in [-0.39, 0.29) is 42.1 Å². The fraction of sp³-hybridized carbons (Fsp3) is 0.304. The van der Waals surface area contributed by atoms with Crippen LogP contribution in [0.3, 0.4) is 0 Å². The summed E-state index contributed by atoms with van der Waals surface area (Å²) in [7, 11) is 0. The molecule has 2 aromatic heterocycles. The van der Waals surface area contributed by atoms with Gasteiger partial charge in [-0.05, 0) is 30.2 Å². The zero-order chi connectivity index (χ0) is 22.9. The molecule has 0 aliphatic carbocycles. The third-order valence-corrected chi connectivity index (χ3v) is 5.44. The fourth-order valence-corrected chi connectivity index (χ4v) is 4.01. The maximum atomic E-state index is 14.2. The molecule has 32 heavy (non-hydrogen) atoms. The Balaban J connectivity index is 1.97. The smallest absolute Gasteiger partial charge is 0.378 e. The van der Waals surface area contributed by atoms with Crippen molar-refractivity contribution in [2.75, 3.05) is 26.3 Å². The van der Waals surface area contributed by atoms with Gasteiger partial charge in [0.2, 0.25) is 0 Å². The van der Waals surface area contributed by atoms with Crippen molar-refractivity contribution in [3.63, 3.8) is 0 Å². The fourth-order valence-electron chi connectivity index (χ4n) is 4.01. The van der Waals surface area contributed by atoms with Crippen molar-refractivity contribution in [2.24, 2.45) is 0 Å². The summed E-state index contributed by atoms with van der Waals surface area (Å²) in [6.45, 7) is 2.32. The number of benzene rings is 1. The van der Waals surface area contributed by atoms with Crippen molar-refractivity contribution in [3.05, 3.63) is 77.0 Å². The van der Waals surface area contributed by atoms with Crippen molar-refractivity contribution >= 4 is 5.91 Å². The lowest BCUT2D eigenvalue weighted by molar-refractivity contribution is -0.143. The molecule has 1 fully saturated rings. The van der Waals surface area contributed by atoms with Gasteiger partial charge in [-0.25, -0.2) is 4.39 Å². The number of rotatable bonds is 4. The lowest BCUT2D eigenvalue weighted by Crippen LogP contribution is -2.41. The molecule has 0 unspecified atom stereocenters. The second-order valence-corrected chi connectivity index (χ2v) is 7.53. The minimum absolute atomic E-state index is 0.0600. The summed E-state index contributed by atoms with van der Waals surface area (Å²) in [5.41, 5.74) is -0.367. The van der Waals surface area contributed by atoms with Gasteiger partial charge in [0.15, 0.2) is 0 Å². The van der Waals surface area contributed by atoms with Gasteiger partial charge in [-0.2, -0.15) is 13.2 Å². The van der Waals surface area contributed by atoms with Crippen LogP contribution in [0.15, 0.2) is 48.7 Å². The van der Waals surface area contributed by atoms with Crippen molar-refractivity contribution in [1.82, 2.24) is 14.5 Å². The molecule has 3 heterocycles. The Morgan fingerprint density at radius 1 is 1.09 bits per heavy atom. The van der Waals surface area contributed by atoms with Crippen LogP contribution in [0.5, 0.6) is 0 Å². The normalized spacial score (nSPS) is 14.6. The van der Waals surface area contributed by atoms with Crippen molar-refractivity contribution in [3.8, 4) is 11.3 Å². The predicted molar refractivity (Wildman–Crippen MR) is 110 cm³/mol. The standard InChI is InChI=1S/C23H21F4N3O2/c1-15-19(18-8-7-17(24)13-28-18)20(22(31)29-9-11-32-12-10-29)30(21(15)23(25,26)27)14-16-5-3-2-4-6-16/h2-8,13H,9-12,14H2,1H3. The average molecular weight is 447 g/mol. The molecule has 168 valence electrons. The summed E-state index contributed by atoms with van der Waals surface area (Å²) < 4.78 is 62.5. The first-order chi connectivity index (χ1) is 15.3. The van der Waals surface area contributed by atoms with E-state index in [1.165, 1.54) is 17.9 Å². The number of aromatic nitrogens is 2. The minimum atomic E-state index is -4.71. The number of hydrogen-bond donors (Lipinski definition) is 0. The van der Waals surface area contributed by atoms with Gasteiger partial charge in [0.1, 0.15) is 17.2 Å². The number of halogens is 4. The van der Waals surface area contributed by atoms with Crippen molar-refractivity contribution in [1.29, 1.82) is 0 Å². The Kier molecular flexibility index (Phi) is 6.01. The number of nitrogens with zero attached hydrogens (tertiary/aromatic N) is 3. The van der Waals surface area contributed by atoms with Crippen LogP contribution in [0.4, 0.5) is 17.6 Å². The monoisotopic (exact) mass is 447 g/mol. The maximum absolute atomic E-state index is 14.2. The van der Waals surface area contributed by atoms with Gasteiger partial charge in [0, 0.05) is 25.2 Å². The molecule has 0 atom stereocenters. The predicted octanol–water partition coefficient (Wildman–Crippen LogP) is 4.54. The maximum Gasteiger partial charge on any atom is 0.431 e. The Morgan fingerprint density at radius 2 is 1.78 bits per heavy atom. The molecule has 0 spiro atoms. The van der Waals surface area contributed by atoms with Crippen LogP contribution in [-0.4, -0.2) is 46.7 Å². The highest BCUT2D eigenvalue weighted by molar-refractivity contribution is 6.00. The largest absolute Gasteiger partial charge is 0.431 e. The Labute approximate surface area is 182 Å². The summed E-state index contributed by atoms with van der Waals surface area (Å²) in [4.78, 5) is 19.0. The second kappa shape index (κ2) is 8.74. The topological polar surface area (TPSA) is 47.4 Å². The van der Waals surface area contributed by atoms with Gasteiger partial charge in [-0.15, -0.1) is 0 Å². The van der Waals surface area contributed by atoms with E-state index in [1.807, 2.05) is 0 Å². The van der Waals surface area contributed by atoms with Crippen LogP contribution in [0, 0.1) is 12.7 Å². The highest BCUT2D eigenvalue weighted by Crippen LogP contribution is 2.41. The van der Waals surface area contributed by atoms with Gasteiger partial charge in [-0.3, -0.25) is 9.78 Å². The van der Waals surface area contributed by atoms with Gasteiger partial charge in [-0.1, -0.05) is 30.3 Å². The zero-order valence-electron chi connectivity index (χ0n) is 17.3. The van der Waals surface area contributed by atoms with Crippen LogP contribution in [0.2, 0.25) is 0 Å². The molecule has 1 amide bonds. The highest BCUT2D eigenvalue weighted by Gasteiger charge is 2.42. The van der Waals surface area contributed by atoms with Crippen LogP contribution in [-0.2, 0) is 17.5 Å². The van der Waals surface area contributed by atoms with Crippen LogP contribution in [0.1, 0.15) is 27.3 Å². The number of carbonyl (C=O) groups excluding carboxylic acids is 1. The lowest BCUT2D eigenvalue weighted by atomic mass is 10.0. The molecule has 0 radical (unpaired) electrons. The van der Waals surface area contributed by atoms with E-state index in [0.717, 1.165) is 16.8 Å². The third kappa shape index (κ3) is 4.25. The molecule has 1 aliphatic rings. The van der Waals surface area contributed by atoms with Crippen molar-refractivity contribution in [2.45, 2.75) is 19.6 Å².